The van der Waals surface area contributed by atoms with Gasteiger partial charge in [-0.15, -0.1) is 11.3 Å². The molecule has 2 heterocycles. The molecule has 12 nitrogen and oxygen atoms in total. The number of carbonyl (C=O) groups is 2. The first-order valence-corrected chi connectivity index (χ1v) is 14.8. The molecular formula is C31H33ClN8O4S. The van der Waals surface area contributed by atoms with Crippen molar-refractivity contribution < 1.29 is 18.7 Å². The van der Waals surface area contributed by atoms with Gasteiger partial charge in [0.15, 0.2) is 5.88 Å². The molecular weight excluding hydrogens is 616 g/mol. The predicted octanol–water partition coefficient (Wildman–Crippen LogP) is 7.58. The van der Waals surface area contributed by atoms with Gasteiger partial charge >= 0.3 is 17.9 Å². The molecule has 4 amide bonds. The van der Waals surface area contributed by atoms with E-state index in [4.69, 9.17) is 32.6 Å². The maximum Gasteiger partial charge on any atom is 0.347 e. The van der Waals surface area contributed by atoms with Gasteiger partial charge in [-0.2, -0.15) is 10.1 Å². The van der Waals surface area contributed by atoms with Gasteiger partial charge in [-0.05, 0) is 81.6 Å². The molecule has 2 aromatic carbocycles. The van der Waals surface area contributed by atoms with E-state index in [1.165, 1.54) is 23.0 Å². The number of nitriles is 1. The van der Waals surface area contributed by atoms with Crippen LogP contribution in [0.5, 0.6) is 5.75 Å². The zero-order valence-electron chi connectivity index (χ0n) is 25.1. The fourth-order valence-corrected chi connectivity index (χ4v) is 4.71. The van der Waals surface area contributed by atoms with E-state index in [-0.39, 0.29) is 11.9 Å². The molecule has 0 aliphatic heterocycles. The SMILES string of the molecule is Cc1ccc(Cl)c(NC(=O)NNc2sc(C)cc2C#N)c1.[C-]#[N+]c1ccc(NNC(=O)NCCCOc2ccc(C)cc2C)o1. The monoisotopic (exact) mass is 648 g/mol. The van der Waals surface area contributed by atoms with Gasteiger partial charge in [0.25, 0.3) is 0 Å². The zero-order chi connectivity index (χ0) is 32.8. The summed E-state index contributed by atoms with van der Waals surface area (Å²) in [5.74, 6) is 1.32. The number of aryl methyl sites for hydroxylation is 4. The summed E-state index contributed by atoms with van der Waals surface area (Å²) < 4.78 is 10.8. The normalized spacial score (nSPS) is 9.84. The van der Waals surface area contributed by atoms with Crippen molar-refractivity contribution in [2.75, 3.05) is 29.3 Å². The quantitative estimate of drug-likeness (QED) is 0.0588. The van der Waals surface area contributed by atoms with Crippen molar-refractivity contribution in [3.05, 3.63) is 98.2 Å². The molecule has 0 atom stereocenters. The number of hydrogen-bond acceptors (Lipinski definition) is 8. The lowest BCUT2D eigenvalue weighted by molar-refractivity contribution is 0.240. The van der Waals surface area contributed by atoms with Gasteiger partial charge in [-0.25, -0.2) is 15.0 Å². The number of rotatable bonds is 10. The minimum atomic E-state index is -0.461. The van der Waals surface area contributed by atoms with Crippen LogP contribution in [0.25, 0.3) is 4.85 Å². The highest BCUT2D eigenvalue weighted by atomic mass is 35.5. The van der Waals surface area contributed by atoms with Gasteiger partial charge in [-0.3, -0.25) is 16.3 Å². The van der Waals surface area contributed by atoms with Crippen LogP contribution in [-0.4, -0.2) is 25.2 Å². The smallest absolute Gasteiger partial charge is 0.347 e. The summed E-state index contributed by atoms with van der Waals surface area (Å²) in [7, 11) is 0. The average Bonchev–Trinajstić information content (AvgIpc) is 3.63. The lowest BCUT2D eigenvalue weighted by Crippen LogP contribution is -2.39. The van der Waals surface area contributed by atoms with Crippen LogP contribution < -0.4 is 37.1 Å². The van der Waals surface area contributed by atoms with Gasteiger partial charge in [0.1, 0.15) is 16.8 Å². The number of nitrogens with one attached hydrogen (secondary N) is 6. The maximum atomic E-state index is 11.8. The zero-order valence-corrected chi connectivity index (χ0v) is 26.7. The summed E-state index contributed by atoms with van der Waals surface area (Å²) >= 11 is 7.40. The van der Waals surface area contributed by atoms with E-state index in [0.29, 0.717) is 46.7 Å². The molecule has 0 aliphatic carbocycles. The average molecular weight is 649 g/mol. The number of benzene rings is 2. The second-order valence-electron chi connectivity index (χ2n) is 9.63. The van der Waals surface area contributed by atoms with Crippen molar-refractivity contribution in [1.29, 1.82) is 5.26 Å². The molecule has 0 saturated heterocycles. The molecule has 0 unspecified atom stereocenters. The number of thiophene rings is 1. The summed E-state index contributed by atoms with van der Waals surface area (Å²) in [5, 5.41) is 15.4. The second-order valence-corrected chi connectivity index (χ2v) is 11.3. The minimum absolute atomic E-state index is 0.156. The van der Waals surface area contributed by atoms with E-state index in [1.807, 2.05) is 45.9 Å². The van der Waals surface area contributed by atoms with E-state index in [1.54, 1.807) is 24.3 Å². The standard InChI is InChI=1S/C17H20N4O3.C14H13ClN4OS/c1-12-5-6-14(13(2)11-12)23-10-4-9-19-17(22)21-20-16-8-7-15(18-3)24-16;1-8-3-4-11(15)12(5-8)17-14(20)19-18-13-10(7-16)6-9(2)21-13/h5-8,11,20H,4,9-10H2,1-2H3,(H2,19,21,22);3-6,18H,1-2H3,(H2,17,19,20). The summed E-state index contributed by atoms with van der Waals surface area (Å²) in [6.45, 7) is 15.6. The lowest BCUT2D eigenvalue weighted by atomic mass is 10.1. The first kappa shape index (κ1) is 34.1. The van der Waals surface area contributed by atoms with Crippen LogP contribution in [0.3, 0.4) is 0 Å². The highest BCUT2D eigenvalue weighted by Gasteiger charge is 2.09. The van der Waals surface area contributed by atoms with E-state index < -0.39 is 6.03 Å². The van der Waals surface area contributed by atoms with Gasteiger partial charge < -0.3 is 19.8 Å². The third-order valence-electron chi connectivity index (χ3n) is 5.83. The fourth-order valence-electron chi connectivity index (χ4n) is 3.73. The van der Waals surface area contributed by atoms with Crippen LogP contribution in [0, 0.1) is 45.6 Å². The molecule has 4 rings (SSSR count). The number of ether oxygens (including phenoxy) is 1. The van der Waals surface area contributed by atoms with E-state index in [2.05, 4.69) is 49.3 Å². The van der Waals surface area contributed by atoms with E-state index in [0.717, 1.165) is 21.8 Å². The summed E-state index contributed by atoms with van der Waals surface area (Å²) in [5.41, 5.74) is 14.5. The Morgan fingerprint density at radius 2 is 1.73 bits per heavy atom. The Bertz CT molecular complexity index is 1710. The van der Waals surface area contributed by atoms with Gasteiger partial charge in [0.05, 0.1) is 29.5 Å². The largest absolute Gasteiger partial charge is 0.493 e. The third kappa shape index (κ3) is 11.3. The highest BCUT2D eigenvalue weighted by Crippen LogP contribution is 2.26. The number of amides is 4. The van der Waals surface area contributed by atoms with Crippen molar-refractivity contribution in [3.63, 3.8) is 0 Å². The number of nitrogens with zero attached hydrogens (tertiary/aromatic N) is 2. The molecule has 2 aromatic heterocycles. The first-order chi connectivity index (χ1) is 21.6. The minimum Gasteiger partial charge on any atom is -0.493 e. The Morgan fingerprint density at radius 1 is 1.00 bits per heavy atom. The van der Waals surface area contributed by atoms with Crippen LogP contribution >= 0.6 is 22.9 Å². The summed E-state index contributed by atoms with van der Waals surface area (Å²) in [6, 6.07) is 17.4. The summed E-state index contributed by atoms with van der Waals surface area (Å²) in [4.78, 5) is 27.5. The molecule has 0 fully saturated rings. The van der Waals surface area contributed by atoms with Gasteiger partial charge in [-0.1, -0.05) is 35.4 Å². The molecule has 0 saturated carbocycles. The Labute approximate surface area is 270 Å². The number of hydrogen-bond donors (Lipinski definition) is 6. The lowest BCUT2D eigenvalue weighted by Gasteiger charge is -2.11. The van der Waals surface area contributed by atoms with Crippen molar-refractivity contribution >= 4 is 57.5 Å². The number of halogens is 1. The molecule has 0 radical (unpaired) electrons. The molecule has 4 aromatic rings. The number of anilines is 3. The topological polar surface area (TPSA) is 157 Å². The molecule has 14 heteroatoms. The van der Waals surface area contributed by atoms with Crippen LogP contribution in [0.15, 0.2) is 59.0 Å². The van der Waals surface area contributed by atoms with Crippen LogP contribution in [0.2, 0.25) is 5.02 Å². The number of hydrazine groups is 2. The van der Waals surface area contributed by atoms with Crippen molar-refractivity contribution in [1.82, 2.24) is 16.2 Å². The van der Waals surface area contributed by atoms with Gasteiger partial charge in [0.2, 0.25) is 0 Å². The van der Waals surface area contributed by atoms with Gasteiger partial charge in [0, 0.05) is 11.4 Å². The van der Waals surface area contributed by atoms with Crippen LogP contribution in [0.1, 0.15) is 33.6 Å². The predicted molar refractivity (Wildman–Crippen MR) is 177 cm³/mol. The Kier molecular flexibility index (Phi) is 12.9. The van der Waals surface area contributed by atoms with Crippen molar-refractivity contribution in [2.45, 2.75) is 34.1 Å². The summed E-state index contributed by atoms with van der Waals surface area (Å²) in [6.07, 6.45) is 0.684. The molecule has 45 heavy (non-hydrogen) atoms. The molecule has 0 spiro atoms. The van der Waals surface area contributed by atoms with E-state index in [9.17, 15) is 9.59 Å². The highest BCUT2D eigenvalue weighted by molar-refractivity contribution is 7.16. The number of urea groups is 2. The Hall–Kier alpha value is -5.37. The maximum absolute atomic E-state index is 11.8. The van der Waals surface area contributed by atoms with Crippen molar-refractivity contribution in [3.8, 4) is 11.8 Å². The molecule has 0 bridgehead atoms. The number of carbonyl (C=O) groups excluding carboxylic acids is 2. The Balaban J connectivity index is 0.000000248. The second kappa shape index (κ2) is 17.1. The Morgan fingerprint density at radius 3 is 2.44 bits per heavy atom. The third-order valence-corrected chi connectivity index (χ3v) is 7.13. The van der Waals surface area contributed by atoms with Crippen molar-refractivity contribution in [2.24, 2.45) is 0 Å². The first-order valence-electron chi connectivity index (χ1n) is 13.6. The fraction of sp³-hybridized carbons (Fsp3) is 0.226. The van der Waals surface area contributed by atoms with Crippen LogP contribution in [0.4, 0.5) is 32.0 Å². The van der Waals surface area contributed by atoms with Crippen LogP contribution in [-0.2, 0) is 0 Å². The molecule has 234 valence electrons. The van der Waals surface area contributed by atoms with E-state index >= 15 is 0 Å². The number of furan rings is 1. The molecule has 6 N–H and O–H groups in total. The molecule has 0 aliphatic rings.